The van der Waals surface area contributed by atoms with E-state index in [4.69, 9.17) is 9.47 Å². The maximum absolute atomic E-state index is 13.7. The third kappa shape index (κ3) is 5.04. The fraction of sp³-hybridized carbons (Fsp3) is 0.250. The summed E-state index contributed by atoms with van der Waals surface area (Å²) in [4.78, 5) is 33.9. The molecule has 0 spiro atoms. The molecule has 0 amide bonds. The smallest absolute Gasteiger partial charge is 0.338 e. The highest BCUT2D eigenvalue weighted by molar-refractivity contribution is 7.07. The molecule has 8 heteroatoms. The average Bonchev–Trinajstić information content (AvgIpc) is 3.17. The quantitative estimate of drug-likeness (QED) is 0.348. The number of hydrogen-bond donors (Lipinski definition) is 0. The number of carbonyl (C=O) groups is 1. The first-order valence-electron chi connectivity index (χ1n) is 11.6. The number of allylic oxidation sites excluding steroid dienone is 1. The number of ether oxygens (including phenoxy) is 2. The van der Waals surface area contributed by atoms with Crippen LogP contribution in [0, 0.1) is 0 Å². The molecule has 0 aliphatic carbocycles. The van der Waals surface area contributed by atoms with E-state index in [1.165, 1.54) is 11.3 Å². The van der Waals surface area contributed by atoms with Crippen LogP contribution in [0.25, 0.3) is 6.08 Å². The zero-order valence-electron chi connectivity index (χ0n) is 20.9. The third-order valence-corrected chi connectivity index (χ3v) is 6.77. The fourth-order valence-electron chi connectivity index (χ4n) is 4.03. The van der Waals surface area contributed by atoms with E-state index in [9.17, 15) is 9.59 Å². The molecule has 3 aromatic rings. The first-order valence-corrected chi connectivity index (χ1v) is 12.5. The molecular formula is C28H29N3O4S. The summed E-state index contributed by atoms with van der Waals surface area (Å²) in [6.07, 6.45) is 3.52. The van der Waals surface area contributed by atoms with Crippen LogP contribution in [0.15, 0.2) is 82.2 Å². The Morgan fingerprint density at radius 3 is 2.47 bits per heavy atom. The van der Waals surface area contributed by atoms with Crippen molar-refractivity contribution in [2.24, 2.45) is 4.99 Å². The molecule has 7 nitrogen and oxygen atoms in total. The molecule has 4 rings (SSSR count). The first kappa shape index (κ1) is 25.2. The van der Waals surface area contributed by atoms with Gasteiger partial charge in [0, 0.05) is 19.8 Å². The number of anilines is 1. The lowest BCUT2D eigenvalue weighted by Gasteiger charge is -2.25. The Balaban J connectivity index is 1.84. The number of benzene rings is 2. The molecule has 0 bridgehead atoms. The van der Waals surface area contributed by atoms with E-state index in [-0.39, 0.29) is 12.2 Å². The first-order chi connectivity index (χ1) is 17.3. The molecule has 2 heterocycles. The fourth-order valence-corrected chi connectivity index (χ4v) is 5.08. The van der Waals surface area contributed by atoms with Crippen molar-refractivity contribution in [2.75, 3.05) is 32.2 Å². The van der Waals surface area contributed by atoms with Crippen LogP contribution in [-0.4, -0.2) is 37.8 Å². The normalized spacial score (nSPS) is 15.2. The summed E-state index contributed by atoms with van der Waals surface area (Å²) in [5.74, 6) is 0.259. The van der Waals surface area contributed by atoms with Crippen LogP contribution in [0.4, 0.5) is 5.69 Å². The van der Waals surface area contributed by atoms with Gasteiger partial charge in [-0.2, -0.15) is 0 Å². The second-order valence-electron chi connectivity index (χ2n) is 8.46. The minimum Gasteiger partial charge on any atom is -0.490 e. The second kappa shape index (κ2) is 10.8. The molecule has 2 aromatic carbocycles. The molecule has 0 saturated carbocycles. The van der Waals surface area contributed by atoms with Crippen LogP contribution in [0.2, 0.25) is 0 Å². The van der Waals surface area contributed by atoms with Crippen molar-refractivity contribution in [1.82, 2.24) is 4.57 Å². The largest absolute Gasteiger partial charge is 0.490 e. The molecule has 1 unspecified atom stereocenters. The van der Waals surface area contributed by atoms with Crippen LogP contribution in [0.3, 0.4) is 0 Å². The highest BCUT2D eigenvalue weighted by Gasteiger charge is 2.33. The number of esters is 1. The summed E-state index contributed by atoms with van der Waals surface area (Å²) >= 11 is 1.30. The van der Waals surface area contributed by atoms with Crippen LogP contribution in [0.5, 0.6) is 5.75 Å². The molecule has 0 fully saturated rings. The van der Waals surface area contributed by atoms with Crippen LogP contribution in [-0.2, 0) is 9.53 Å². The van der Waals surface area contributed by atoms with Crippen molar-refractivity contribution in [1.29, 1.82) is 0 Å². The van der Waals surface area contributed by atoms with Crippen molar-refractivity contribution in [2.45, 2.75) is 19.9 Å². The van der Waals surface area contributed by atoms with Crippen molar-refractivity contribution in [3.05, 3.63) is 103 Å². The van der Waals surface area contributed by atoms with E-state index < -0.39 is 12.0 Å². The zero-order chi connectivity index (χ0) is 25.8. The standard InChI is InChI=1S/C28H29N3O4S/c1-6-16-35-22-14-8-19(9-15-22)17-23-26(32)31-25(20-10-12-21(13-11-20)30(4)5)24(27(33)34-7-2)18(3)29-28(31)36-23/h6,8-15,17,25H,1,7,16H2,2-5H3. The van der Waals surface area contributed by atoms with Gasteiger partial charge in [-0.05, 0) is 55.3 Å². The number of rotatable bonds is 8. The Morgan fingerprint density at radius 1 is 1.17 bits per heavy atom. The molecule has 0 N–H and O–H groups in total. The van der Waals surface area contributed by atoms with E-state index in [2.05, 4.69) is 11.6 Å². The predicted molar refractivity (Wildman–Crippen MR) is 143 cm³/mol. The summed E-state index contributed by atoms with van der Waals surface area (Å²) in [7, 11) is 3.93. The van der Waals surface area contributed by atoms with Crippen molar-refractivity contribution < 1.29 is 14.3 Å². The van der Waals surface area contributed by atoms with Crippen LogP contribution < -0.4 is 24.5 Å². The van der Waals surface area contributed by atoms with Gasteiger partial charge in [0.25, 0.3) is 5.56 Å². The predicted octanol–water partition coefficient (Wildman–Crippen LogP) is 3.43. The Kier molecular flexibility index (Phi) is 7.55. The molecule has 36 heavy (non-hydrogen) atoms. The van der Waals surface area contributed by atoms with Gasteiger partial charge in [0.2, 0.25) is 0 Å². The van der Waals surface area contributed by atoms with E-state index >= 15 is 0 Å². The van der Waals surface area contributed by atoms with Gasteiger partial charge in [0.05, 0.1) is 28.5 Å². The molecule has 1 aromatic heterocycles. The molecule has 0 radical (unpaired) electrons. The van der Waals surface area contributed by atoms with Gasteiger partial charge >= 0.3 is 5.97 Å². The number of carbonyl (C=O) groups excluding carboxylic acids is 1. The topological polar surface area (TPSA) is 73.1 Å². The van der Waals surface area contributed by atoms with Crippen molar-refractivity contribution in [3.63, 3.8) is 0 Å². The monoisotopic (exact) mass is 503 g/mol. The van der Waals surface area contributed by atoms with E-state index in [0.29, 0.717) is 27.2 Å². The summed E-state index contributed by atoms with van der Waals surface area (Å²) in [5.41, 5.74) is 3.41. The van der Waals surface area contributed by atoms with Gasteiger partial charge in [0.1, 0.15) is 12.4 Å². The zero-order valence-corrected chi connectivity index (χ0v) is 21.7. The average molecular weight is 504 g/mol. The van der Waals surface area contributed by atoms with Gasteiger partial charge in [-0.1, -0.05) is 48.3 Å². The molecule has 0 saturated heterocycles. The Bertz CT molecular complexity index is 1480. The third-order valence-electron chi connectivity index (χ3n) is 5.79. The number of nitrogens with zero attached hydrogens (tertiary/aromatic N) is 3. The Hall–Kier alpha value is -3.91. The lowest BCUT2D eigenvalue weighted by Crippen LogP contribution is -2.39. The van der Waals surface area contributed by atoms with Gasteiger partial charge in [0.15, 0.2) is 4.80 Å². The Labute approximate surface area is 213 Å². The number of hydrogen-bond acceptors (Lipinski definition) is 7. The summed E-state index contributed by atoms with van der Waals surface area (Å²) in [5, 5.41) is 0. The maximum atomic E-state index is 13.7. The lowest BCUT2D eigenvalue weighted by atomic mass is 9.95. The van der Waals surface area contributed by atoms with Crippen molar-refractivity contribution in [3.8, 4) is 5.75 Å². The SMILES string of the molecule is C=CCOc1ccc(C=c2sc3n(c2=O)C(c2ccc(N(C)C)cc2)C(C(=O)OCC)=C(C)N=3)cc1. The van der Waals surface area contributed by atoms with E-state index in [0.717, 1.165) is 22.6 Å². The molecule has 1 aliphatic rings. The minimum absolute atomic E-state index is 0.207. The van der Waals surface area contributed by atoms with Gasteiger partial charge < -0.3 is 14.4 Å². The Morgan fingerprint density at radius 2 is 1.86 bits per heavy atom. The molecular weight excluding hydrogens is 474 g/mol. The molecule has 1 aliphatic heterocycles. The van der Waals surface area contributed by atoms with E-state index in [1.807, 2.05) is 73.6 Å². The van der Waals surface area contributed by atoms with Crippen LogP contribution in [0.1, 0.15) is 31.0 Å². The van der Waals surface area contributed by atoms with Gasteiger partial charge in [-0.3, -0.25) is 9.36 Å². The van der Waals surface area contributed by atoms with Crippen molar-refractivity contribution >= 4 is 29.1 Å². The van der Waals surface area contributed by atoms with Gasteiger partial charge in [-0.25, -0.2) is 9.79 Å². The minimum atomic E-state index is -0.631. The van der Waals surface area contributed by atoms with Crippen LogP contribution >= 0.6 is 11.3 Å². The van der Waals surface area contributed by atoms with Gasteiger partial charge in [-0.15, -0.1) is 0 Å². The summed E-state index contributed by atoms with van der Waals surface area (Å²) in [6.45, 7) is 7.86. The lowest BCUT2D eigenvalue weighted by molar-refractivity contribution is -0.139. The number of aromatic nitrogens is 1. The summed E-state index contributed by atoms with van der Waals surface area (Å²) < 4.78 is 13.0. The molecule has 1 atom stereocenters. The van der Waals surface area contributed by atoms with E-state index in [1.54, 1.807) is 24.5 Å². The number of fused-ring (bicyclic) bond motifs is 1. The number of thiazole rings is 1. The molecule has 186 valence electrons. The highest BCUT2D eigenvalue weighted by atomic mass is 32.1. The maximum Gasteiger partial charge on any atom is 0.338 e. The highest BCUT2D eigenvalue weighted by Crippen LogP contribution is 2.31. The second-order valence-corrected chi connectivity index (χ2v) is 9.47. The summed E-state index contributed by atoms with van der Waals surface area (Å²) in [6, 6.07) is 14.7.